The minimum absolute atomic E-state index is 0.702. The first-order valence-electron chi connectivity index (χ1n) is 6.34. The smallest absolute Gasteiger partial charge is 0.00461 e. The summed E-state index contributed by atoms with van der Waals surface area (Å²) in [4.78, 5) is 0. The van der Waals surface area contributed by atoms with Crippen molar-refractivity contribution in [3.05, 3.63) is 35.4 Å². The molecule has 1 N–H and O–H groups in total. The van der Waals surface area contributed by atoms with E-state index in [1.807, 2.05) is 7.05 Å². The zero-order valence-electron chi connectivity index (χ0n) is 11.1. The summed E-state index contributed by atoms with van der Waals surface area (Å²) < 4.78 is 0. The third-order valence-corrected chi connectivity index (χ3v) is 3.05. The molecule has 1 nitrogen and oxygen atoms in total. The van der Waals surface area contributed by atoms with Gasteiger partial charge in [-0.25, -0.2) is 0 Å². The van der Waals surface area contributed by atoms with Crippen LogP contribution in [0, 0.1) is 12.8 Å². The fraction of sp³-hybridized carbons (Fsp3) is 0.600. The molecule has 1 atom stereocenters. The van der Waals surface area contributed by atoms with Gasteiger partial charge in [-0.1, -0.05) is 43.7 Å². The van der Waals surface area contributed by atoms with Crippen LogP contribution >= 0.6 is 0 Å². The molecule has 1 heteroatoms. The van der Waals surface area contributed by atoms with Crippen LogP contribution in [0.1, 0.15) is 43.7 Å². The Morgan fingerprint density at radius 2 is 1.75 bits per heavy atom. The molecule has 0 aromatic heterocycles. The third kappa shape index (κ3) is 4.36. The molecule has 0 aliphatic carbocycles. The fourth-order valence-electron chi connectivity index (χ4n) is 2.15. The highest BCUT2D eigenvalue weighted by atomic mass is 14.8. The third-order valence-electron chi connectivity index (χ3n) is 3.05. The van der Waals surface area contributed by atoms with Gasteiger partial charge in [0.05, 0.1) is 0 Å². The highest BCUT2D eigenvalue weighted by Crippen LogP contribution is 2.26. The molecule has 0 radical (unpaired) electrons. The molecule has 1 unspecified atom stereocenters. The molecule has 1 rings (SSSR count). The normalized spacial score (nSPS) is 13.1. The van der Waals surface area contributed by atoms with E-state index in [2.05, 4.69) is 50.4 Å². The maximum absolute atomic E-state index is 3.25. The van der Waals surface area contributed by atoms with Gasteiger partial charge in [-0.15, -0.1) is 0 Å². The van der Waals surface area contributed by atoms with E-state index in [9.17, 15) is 0 Å². The fourth-order valence-corrected chi connectivity index (χ4v) is 2.15. The molecule has 0 saturated heterocycles. The summed E-state index contributed by atoms with van der Waals surface area (Å²) in [5.41, 5.74) is 2.84. The van der Waals surface area contributed by atoms with Crippen LogP contribution in [0.3, 0.4) is 0 Å². The van der Waals surface area contributed by atoms with Gasteiger partial charge in [0.15, 0.2) is 0 Å². The largest absolute Gasteiger partial charge is 0.320 e. The molecular formula is C15H25N. The van der Waals surface area contributed by atoms with Crippen molar-refractivity contribution < 1.29 is 0 Å². The SMILES string of the molecule is CNCCC(CC(C)C)c1ccc(C)cc1. The van der Waals surface area contributed by atoms with Crippen molar-refractivity contribution in [2.45, 2.75) is 39.5 Å². The summed E-state index contributed by atoms with van der Waals surface area (Å²) in [6.07, 6.45) is 2.52. The van der Waals surface area contributed by atoms with Crippen molar-refractivity contribution in [3.63, 3.8) is 0 Å². The van der Waals surface area contributed by atoms with Gasteiger partial charge in [0.25, 0.3) is 0 Å². The van der Waals surface area contributed by atoms with Crippen LogP contribution in [0.2, 0.25) is 0 Å². The molecule has 0 saturated carbocycles. The molecule has 0 bridgehead atoms. The minimum Gasteiger partial charge on any atom is -0.320 e. The van der Waals surface area contributed by atoms with Crippen molar-refractivity contribution in [2.24, 2.45) is 5.92 Å². The highest BCUT2D eigenvalue weighted by Gasteiger charge is 2.12. The van der Waals surface area contributed by atoms with Crippen LogP contribution in [0.4, 0.5) is 0 Å². The Balaban J connectivity index is 2.70. The monoisotopic (exact) mass is 219 g/mol. The van der Waals surface area contributed by atoms with Gasteiger partial charge in [-0.2, -0.15) is 0 Å². The number of nitrogens with one attached hydrogen (secondary N) is 1. The first-order valence-corrected chi connectivity index (χ1v) is 6.34. The predicted molar refractivity (Wildman–Crippen MR) is 71.9 cm³/mol. The van der Waals surface area contributed by atoms with Crippen molar-refractivity contribution in [3.8, 4) is 0 Å². The molecule has 1 aromatic carbocycles. The molecule has 0 aliphatic rings. The van der Waals surface area contributed by atoms with Crippen molar-refractivity contribution in [2.75, 3.05) is 13.6 Å². The Morgan fingerprint density at radius 3 is 2.25 bits per heavy atom. The summed E-state index contributed by atoms with van der Waals surface area (Å²) in [6, 6.07) is 9.03. The highest BCUT2D eigenvalue weighted by molar-refractivity contribution is 5.24. The Labute approximate surface area is 100 Å². The van der Waals surface area contributed by atoms with E-state index >= 15 is 0 Å². The quantitative estimate of drug-likeness (QED) is 0.768. The summed E-state index contributed by atoms with van der Waals surface area (Å²) in [5.74, 6) is 1.47. The Hall–Kier alpha value is -0.820. The first-order chi connectivity index (χ1) is 7.63. The summed E-state index contributed by atoms with van der Waals surface area (Å²) in [7, 11) is 2.03. The summed E-state index contributed by atoms with van der Waals surface area (Å²) in [6.45, 7) is 7.86. The lowest BCUT2D eigenvalue weighted by molar-refractivity contribution is 0.470. The number of hydrogen-bond acceptors (Lipinski definition) is 1. The summed E-state index contributed by atoms with van der Waals surface area (Å²) in [5, 5.41) is 3.25. The van der Waals surface area contributed by atoms with Gasteiger partial charge in [-0.3, -0.25) is 0 Å². The Bertz CT molecular complexity index is 287. The molecule has 0 aliphatic heterocycles. The van der Waals surface area contributed by atoms with E-state index in [4.69, 9.17) is 0 Å². The van der Waals surface area contributed by atoms with Crippen LogP contribution in [-0.2, 0) is 0 Å². The Morgan fingerprint density at radius 1 is 1.12 bits per heavy atom. The zero-order valence-corrected chi connectivity index (χ0v) is 11.1. The van der Waals surface area contributed by atoms with Crippen LogP contribution in [0.5, 0.6) is 0 Å². The average molecular weight is 219 g/mol. The number of aryl methyl sites for hydroxylation is 1. The maximum Gasteiger partial charge on any atom is -0.00461 e. The lowest BCUT2D eigenvalue weighted by atomic mass is 9.87. The van der Waals surface area contributed by atoms with E-state index in [1.54, 1.807) is 0 Å². The van der Waals surface area contributed by atoms with E-state index < -0.39 is 0 Å². The van der Waals surface area contributed by atoms with Crippen LogP contribution in [0.15, 0.2) is 24.3 Å². The van der Waals surface area contributed by atoms with Gasteiger partial charge in [0.1, 0.15) is 0 Å². The second-order valence-electron chi connectivity index (χ2n) is 5.13. The van der Waals surface area contributed by atoms with Gasteiger partial charge in [0, 0.05) is 0 Å². The van der Waals surface area contributed by atoms with Crippen molar-refractivity contribution >= 4 is 0 Å². The molecule has 16 heavy (non-hydrogen) atoms. The van der Waals surface area contributed by atoms with E-state index in [0.717, 1.165) is 12.5 Å². The molecule has 0 fully saturated rings. The second-order valence-corrected chi connectivity index (χ2v) is 5.13. The lowest BCUT2D eigenvalue weighted by Gasteiger charge is -2.19. The lowest BCUT2D eigenvalue weighted by Crippen LogP contribution is -2.13. The van der Waals surface area contributed by atoms with Gasteiger partial charge >= 0.3 is 0 Å². The van der Waals surface area contributed by atoms with E-state index in [0.29, 0.717) is 5.92 Å². The standard InChI is InChI=1S/C15H25N/c1-12(2)11-15(9-10-16-4)14-7-5-13(3)6-8-14/h5-8,12,15-16H,9-11H2,1-4H3. The number of rotatable bonds is 6. The van der Waals surface area contributed by atoms with Crippen LogP contribution in [-0.4, -0.2) is 13.6 Å². The predicted octanol–water partition coefficient (Wildman–Crippen LogP) is 3.73. The molecule has 0 spiro atoms. The second kappa shape index (κ2) is 6.70. The maximum atomic E-state index is 3.25. The molecule has 0 heterocycles. The molecule has 1 aromatic rings. The topological polar surface area (TPSA) is 12.0 Å². The summed E-state index contributed by atoms with van der Waals surface area (Å²) >= 11 is 0. The molecule has 0 amide bonds. The molecular weight excluding hydrogens is 194 g/mol. The minimum atomic E-state index is 0.702. The van der Waals surface area contributed by atoms with Crippen molar-refractivity contribution in [1.29, 1.82) is 0 Å². The van der Waals surface area contributed by atoms with Crippen molar-refractivity contribution in [1.82, 2.24) is 5.32 Å². The van der Waals surface area contributed by atoms with E-state index in [-0.39, 0.29) is 0 Å². The van der Waals surface area contributed by atoms with Gasteiger partial charge in [0.2, 0.25) is 0 Å². The number of hydrogen-bond donors (Lipinski definition) is 1. The van der Waals surface area contributed by atoms with Gasteiger partial charge in [-0.05, 0) is 50.8 Å². The van der Waals surface area contributed by atoms with Crippen LogP contribution < -0.4 is 5.32 Å². The van der Waals surface area contributed by atoms with Crippen LogP contribution in [0.25, 0.3) is 0 Å². The Kier molecular flexibility index (Phi) is 5.54. The number of benzene rings is 1. The first kappa shape index (κ1) is 13.2. The average Bonchev–Trinajstić information content (AvgIpc) is 2.25. The van der Waals surface area contributed by atoms with Gasteiger partial charge < -0.3 is 5.32 Å². The zero-order chi connectivity index (χ0) is 12.0. The van der Waals surface area contributed by atoms with E-state index in [1.165, 1.54) is 24.0 Å². The molecule has 90 valence electrons.